The Hall–Kier alpha value is -1.55. The van der Waals surface area contributed by atoms with E-state index in [0.717, 1.165) is 17.9 Å². The van der Waals surface area contributed by atoms with Crippen molar-refractivity contribution in [2.75, 3.05) is 24.3 Å². The van der Waals surface area contributed by atoms with E-state index in [-0.39, 0.29) is 12.5 Å². The van der Waals surface area contributed by atoms with Gasteiger partial charge in [-0.2, -0.15) is 0 Å². The molecular formula is C15H22N2O2. The Bertz CT molecular complexity index is 442. The lowest BCUT2D eigenvalue weighted by Gasteiger charge is -2.24. The molecule has 3 N–H and O–H groups in total. The van der Waals surface area contributed by atoms with E-state index in [9.17, 15) is 4.79 Å². The fraction of sp³-hybridized carbons (Fsp3) is 0.533. The van der Waals surface area contributed by atoms with Gasteiger partial charge in [0.05, 0.1) is 11.4 Å². The molecule has 2 rings (SSSR count). The Kier molecular flexibility index (Phi) is 4.80. The first-order valence-electron chi connectivity index (χ1n) is 6.89. The first-order valence-corrected chi connectivity index (χ1v) is 6.89. The van der Waals surface area contributed by atoms with Crippen LogP contribution >= 0.6 is 0 Å². The quantitative estimate of drug-likeness (QED) is 0.612. The molecule has 0 heterocycles. The summed E-state index contributed by atoms with van der Waals surface area (Å²) in [7, 11) is 0. The Morgan fingerprint density at radius 3 is 2.89 bits per heavy atom. The number of hydrogen-bond acceptors (Lipinski definition) is 3. The first kappa shape index (κ1) is 13.9. The van der Waals surface area contributed by atoms with Gasteiger partial charge in [0, 0.05) is 6.61 Å². The van der Waals surface area contributed by atoms with Crippen molar-refractivity contribution in [3.8, 4) is 0 Å². The lowest BCUT2D eigenvalue weighted by atomic mass is 9.83. The standard InChI is InChI=1S/C15H22N2O2/c1-11-5-6-14(13(16)9-11)17-15(18)10-19-8-7-12-3-2-4-12/h5-6,9,12H,2-4,7-8,10,16H2,1H3,(H,17,18). The summed E-state index contributed by atoms with van der Waals surface area (Å²) in [4.78, 5) is 11.7. The van der Waals surface area contributed by atoms with Gasteiger partial charge in [-0.3, -0.25) is 4.79 Å². The molecule has 1 fully saturated rings. The van der Waals surface area contributed by atoms with Crippen LogP contribution in [-0.2, 0) is 9.53 Å². The van der Waals surface area contributed by atoms with Crippen molar-refractivity contribution in [2.24, 2.45) is 5.92 Å². The minimum absolute atomic E-state index is 0.0973. The Labute approximate surface area is 114 Å². The highest BCUT2D eigenvalue weighted by Gasteiger charge is 2.16. The zero-order valence-electron chi connectivity index (χ0n) is 11.4. The van der Waals surface area contributed by atoms with Crippen LogP contribution in [0.1, 0.15) is 31.2 Å². The van der Waals surface area contributed by atoms with Gasteiger partial charge in [0.25, 0.3) is 0 Å². The van der Waals surface area contributed by atoms with E-state index in [1.165, 1.54) is 19.3 Å². The molecule has 104 valence electrons. The van der Waals surface area contributed by atoms with Crippen LogP contribution in [0, 0.1) is 12.8 Å². The summed E-state index contributed by atoms with van der Waals surface area (Å²) in [6, 6.07) is 5.58. The molecule has 4 heteroatoms. The molecule has 1 aromatic rings. The number of anilines is 2. The molecule has 0 unspecified atom stereocenters. The van der Waals surface area contributed by atoms with E-state index in [1.807, 2.05) is 25.1 Å². The second kappa shape index (κ2) is 6.57. The molecule has 0 radical (unpaired) electrons. The summed E-state index contributed by atoms with van der Waals surface area (Å²) in [5, 5.41) is 2.76. The molecule has 4 nitrogen and oxygen atoms in total. The number of carbonyl (C=O) groups is 1. The molecule has 0 aliphatic heterocycles. The Balaban J connectivity index is 1.68. The average molecular weight is 262 g/mol. The molecule has 1 aliphatic rings. The SMILES string of the molecule is Cc1ccc(NC(=O)COCCC2CCC2)c(N)c1. The molecule has 1 amide bonds. The highest BCUT2D eigenvalue weighted by molar-refractivity contribution is 5.94. The van der Waals surface area contributed by atoms with E-state index < -0.39 is 0 Å². The van der Waals surface area contributed by atoms with Gasteiger partial charge in [0.15, 0.2) is 0 Å². The molecular weight excluding hydrogens is 240 g/mol. The van der Waals surface area contributed by atoms with E-state index >= 15 is 0 Å². The summed E-state index contributed by atoms with van der Waals surface area (Å²) >= 11 is 0. The smallest absolute Gasteiger partial charge is 0.250 e. The molecule has 1 saturated carbocycles. The number of aryl methyl sites for hydroxylation is 1. The van der Waals surface area contributed by atoms with Gasteiger partial charge in [-0.15, -0.1) is 0 Å². The third-order valence-corrected chi connectivity index (χ3v) is 3.61. The second-order valence-corrected chi connectivity index (χ2v) is 5.28. The number of nitrogens with two attached hydrogens (primary N) is 1. The maximum Gasteiger partial charge on any atom is 0.250 e. The second-order valence-electron chi connectivity index (χ2n) is 5.28. The summed E-state index contributed by atoms with van der Waals surface area (Å²) in [6.45, 7) is 2.73. The minimum Gasteiger partial charge on any atom is -0.397 e. The number of carbonyl (C=O) groups excluding carboxylic acids is 1. The highest BCUT2D eigenvalue weighted by Crippen LogP contribution is 2.29. The number of nitrogen functional groups attached to an aromatic ring is 1. The van der Waals surface area contributed by atoms with Crippen molar-refractivity contribution in [1.29, 1.82) is 0 Å². The Morgan fingerprint density at radius 1 is 1.47 bits per heavy atom. The lowest BCUT2D eigenvalue weighted by Crippen LogP contribution is -2.21. The molecule has 0 spiro atoms. The molecule has 0 saturated heterocycles. The molecule has 0 atom stereocenters. The monoisotopic (exact) mass is 262 g/mol. The molecule has 0 aromatic heterocycles. The zero-order chi connectivity index (χ0) is 13.7. The van der Waals surface area contributed by atoms with Crippen LogP contribution in [0.3, 0.4) is 0 Å². The van der Waals surface area contributed by atoms with Crippen LogP contribution in [0.4, 0.5) is 11.4 Å². The number of benzene rings is 1. The fourth-order valence-electron chi connectivity index (χ4n) is 2.18. The molecule has 19 heavy (non-hydrogen) atoms. The fourth-order valence-corrected chi connectivity index (χ4v) is 2.18. The molecule has 0 bridgehead atoms. The number of rotatable bonds is 6. The van der Waals surface area contributed by atoms with Gasteiger partial charge in [0.2, 0.25) is 5.91 Å². The van der Waals surface area contributed by atoms with Crippen molar-refractivity contribution >= 4 is 17.3 Å². The van der Waals surface area contributed by atoms with E-state index in [2.05, 4.69) is 5.32 Å². The van der Waals surface area contributed by atoms with Crippen LogP contribution in [0.15, 0.2) is 18.2 Å². The van der Waals surface area contributed by atoms with Crippen LogP contribution in [-0.4, -0.2) is 19.1 Å². The molecule has 1 aliphatic carbocycles. The highest BCUT2D eigenvalue weighted by atomic mass is 16.5. The van der Waals surface area contributed by atoms with Gasteiger partial charge in [0.1, 0.15) is 6.61 Å². The van der Waals surface area contributed by atoms with Gasteiger partial charge in [-0.05, 0) is 37.0 Å². The van der Waals surface area contributed by atoms with Crippen molar-refractivity contribution in [1.82, 2.24) is 0 Å². The minimum atomic E-state index is -0.149. The van der Waals surface area contributed by atoms with Crippen molar-refractivity contribution in [3.05, 3.63) is 23.8 Å². The van der Waals surface area contributed by atoms with Gasteiger partial charge >= 0.3 is 0 Å². The number of nitrogens with one attached hydrogen (secondary N) is 1. The normalized spacial score (nSPS) is 15.0. The summed E-state index contributed by atoms with van der Waals surface area (Å²) < 4.78 is 5.38. The predicted molar refractivity (Wildman–Crippen MR) is 77.0 cm³/mol. The molecule has 1 aromatic carbocycles. The number of ether oxygens (including phenoxy) is 1. The summed E-state index contributed by atoms with van der Waals surface area (Å²) in [5.74, 6) is 0.667. The predicted octanol–water partition coefficient (Wildman–Crippen LogP) is 2.72. The van der Waals surface area contributed by atoms with E-state index in [0.29, 0.717) is 18.0 Å². The van der Waals surface area contributed by atoms with Crippen molar-refractivity contribution in [2.45, 2.75) is 32.6 Å². The van der Waals surface area contributed by atoms with E-state index in [4.69, 9.17) is 10.5 Å². The van der Waals surface area contributed by atoms with E-state index in [1.54, 1.807) is 0 Å². The van der Waals surface area contributed by atoms with Gasteiger partial charge in [-0.1, -0.05) is 25.3 Å². The average Bonchev–Trinajstić information content (AvgIpc) is 2.30. The van der Waals surface area contributed by atoms with Gasteiger partial charge in [-0.25, -0.2) is 0 Å². The van der Waals surface area contributed by atoms with Crippen LogP contribution in [0.2, 0.25) is 0 Å². The first-order chi connectivity index (χ1) is 9.15. The van der Waals surface area contributed by atoms with Gasteiger partial charge < -0.3 is 15.8 Å². The summed E-state index contributed by atoms with van der Waals surface area (Å²) in [6.07, 6.45) is 5.04. The topological polar surface area (TPSA) is 64.3 Å². The number of amides is 1. The maximum absolute atomic E-state index is 11.7. The Morgan fingerprint density at radius 2 is 2.26 bits per heavy atom. The summed E-state index contributed by atoms with van der Waals surface area (Å²) in [5.41, 5.74) is 8.15. The van der Waals surface area contributed by atoms with Crippen molar-refractivity contribution in [3.63, 3.8) is 0 Å². The van der Waals surface area contributed by atoms with Crippen LogP contribution in [0.5, 0.6) is 0 Å². The van der Waals surface area contributed by atoms with Crippen LogP contribution < -0.4 is 11.1 Å². The third-order valence-electron chi connectivity index (χ3n) is 3.61. The number of hydrogen-bond donors (Lipinski definition) is 2. The zero-order valence-corrected chi connectivity index (χ0v) is 11.4. The largest absolute Gasteiger partial charge is 0.397 e. The lowest BCUT2D eigenvalue weighted by molar-refractivity contribution is -0.120. The third kappa shape index (κ3) is 4.24. The van der Waals surface area contributed by atoms with Crippen molar-refractivity contribution < 1.29 is 9.53 Å². The van der Waals surface area contributed by atoms with Crippen LogP contribution in [0.25, 0.3) is 0 Å². The maximum atomic E-state index is 11.7.